The third-order valence-corrected chi connectivity index (χ3v) is 10.6. The number of guanidine groups is 1. The number of fused-ring (bicyclic) bond motifs is 13. The highest BCUT2D eigenvalue weighted by Gasteiger charge is 2.51. The normalized spacial score (nSPS) is 19.2. The van der Waals surface area contributed by atoms with E-state index in [0.717, 1.165) is 38.6 Å². The summed E-state index contributed by atoms with van der Waals surface area (Å²) in [4.78, 5) is 9.84. The maximum atomic E-state index is 4.95. The van der Waals surface area contributed by atoms with Gasteiger partial charge in [-0.3, -0.25) is 4.99 Å². The minimum atomic E-state index is -0.335. The molecule has 6 aromatic rings. The van der Waals surface area contributed by atoms with Gasteiger partial charge in [0.25, 0.3) is 0 Å². The molecule has 1 spiro atoms. The molecule has 4 aliphatic rings. The van der Waals surface area contributed by atoms with Gasteiger partial charge in [0.1, 0.15) is 0 Å². The van der Waals surface area contributed by atoms with Crippen molar-refractivity contribution in [1.29, 1.82) is 0 Å². The topological polar surface area (TPSA) is 18.8 Å². The van der Waals surface area contributed by atoms with Crippen LogP contribution in [-0.4, -0.2) is 37.0 Å². The van der Waals surface area contributed by atoms with Gasteiger partial charge in [0.05, 0.1) is 5.41 Å². The Morgan fingerprint density at radius 2 is 1.27 bits per heavy atom. The first kappa shape index (κ1) is 25.2. The van der Waals surface area contributed by atoms with Crippen LogP contribution < -0.4 is 4.90 Å². The number of nitrogens with zero attached hydrogens (tertiary/aromatic N) is 3. The monoisotopic (exact) mass is 579 g/mol. The molecule has 0 radical (unpaired) electrons. The number of hydrogen-bond donors (Lipinski definition) is 0. The molecule has 0 aromatic heterocycles. The van der Waals surface area contributed by atoms with E-state index in [0.29, 0.717) is 0 Å². The lowest BCUT2D eigenvalue weighted by Crippen LogP contribution is -2.52. The summed E-state index contributed by atoms with van der Waals surface area (Å²) in [6, 6.07) is 48.1. The van der Waals surface area contributed by atoms with Crippen LogP contribution in [0.5, 0.6) is 0 Å². The molecule has 3 nitrogen and oxygen atoms in total. The number of hydrogen-bond acceptors (Lipinski definition) is 3. The van der Waals surface area contributed by atoms with E-state index >= 15 is 0 Å². The van der Waals surface area contributed by atoms with Crippen LogP contribution in [0, 0.1) is 0 Å². The molecule has 0 saturated carbocycles. The van der Waals surface area contributed by atoms with Crippen molar-refractivity contribution >= 4 is 22.4 Å². The number of benzene rings is 6. The molecule has 6 aromatic carbocycles. The van der Waals surface area contributed by atoms with Gasteiger partial charge in [0, 0.05) is 31.9 Å². The first-order chi connectivity index (χ1) is 22.3. The van der Waals surface area contributed by atoms with E-state index in [9.17, 15) is 0 Å². The Labute approximate surface area is 264 Å². The van der Waals surface area contributed by atoms with Crippen molar-refractivity contribution in [3.63, 3.8) is 0 Å². The molecule has 0 amide bonds. The van der Waals surface area contributed by atoms with E-state index < -0.39 is 0 Å². The summed E-state index contributed by atoms with van der Waals surface area (Å²) in [5.41, 5.74) is 14.4. The Kier molecular flexibility index (Phi) is 5.28. The Hall–Kier alpha value is -5.15. The van der Waals surface area contributed by atoms with Crippen molar-refractivity contribution in [3.05, 3.63) is 150 Å². The van der Waals surface area contributed by atoms with Gasteiger partial charge < -0.3 is 9.80 Å². The molecule has 1 unspecified atom stereocenters. The second kappa shape index (κ2) is 9.42. The number of anilines is 1. The van der Waals surface area contributed by atoms with Crippen LogP contribution in [0.1, 0.15) is 35.1 Å². The highest BCUT2D eigenvalue weighted by Crippen LogP contribution is 2.63. The molecule has 0 bridgehead atoms. The van der Waals surface area contributed by atoms with Gasteiger partial charge in [0.2, 0.25) is 5.96 Å². The van der Waals surface area contributed by atoms with Crippen LogP contribution in [-0.2, 0) is 5.41 Å². The quantitative estimate of drug-likeness (QED) is 0.203. The lowest BCUT2D eigenvalue weighted by Gasteiger charge is -2.41. The molecule has 2 aliphatic carbocycles. The molecule has 1 saturated heterocycles. The third-order valence-electron chi connectivity index (χ3n) is 10.6. The van der Waals surface area contributed by atoms with E-state index in [1.54, 1.807) is 0 Å². The average Bonchev–Trinajstić information content (AvgIpc) is 3.58. The van der Waals surface area contributed by atoms with Crippen molar-refractivity contribution in [2.75, 3.05) is 31.1 Å². The number of aliphatic imine (C=N–C) groups is 1. The van der Waals surface area contributed by atoms with Gasteiger partial charge in [-0.15, -0.1) is 0 Å². The smallest absolute Gasteiger partial charge is 0.201 e. The highest BCUT2D eigenvalue weighted by molar-refractivity contribution is 6.06. The fraction of sp³-hybridized carbons (Fsp3) is 0.167. The molecule has 0 N–H and O–H groups in total. The molecule has 216 valence electrons. The molecule has 1 fully saturated rings. The van der Waals surface area contributed by atoms with Crippen molar-refractivity contribution in [2.24, 2.45) is 4.99 Å². The van der Waals surface area contributed by atoms with E-state index in [-0.39, 0.29) is 5.41 Å². The van der Waals surface area contributed by atoms with E-state index in [2.05, 4.69) is 137 Å². The van der Waals surface area contributed by atoms with Crippen LogP contribution >= 0.6 is 0 Å². The van der Waals surface area contributed by atoms with Gasteiger partial charge in [-0.1, -0.05) is 109 Å². The fourth-order valence-corrected chi connectivity index (χ4v) is 8.82. The number of rotatable bonds is 2. The predicted molar refractivity (Wildman–Crippen MR) is 186 cm³/mol. The molecule has 2 aliphatic heterocycles. The van der Waals surface area contributed by atoms with Crippen LogP contribution in [0.2, 0.25) is 0 Å². The van der Waals surface area contributed by atoms with Gasteiger partial charge in [-0.25, -0.2) is 0 Å². The molecule has 3 heteroatoms. The standard InChI is InChI=1S/C42H33N3/c1-2-13-32-28(10-1)18-21-39-40(32)34-15-4-6-17-37(34)42(39)36-16-5-3-14-33(36)35-27-30(19-20-38(35)42)29-11-7-12-31(26-29)45-25-9-24-44-23-8-22-43-41(44)45/h1-7,10-21,26-27H,8-9,22-25H2. The summed E-state index contributed by atoms with van der Waals surface area (Å²) in [7, 11) is 0. The zero-order chi connectivity index (χ0) is 29.5. The summed E-state index contributed by atoms with van der Waals surface area (Å²) in [6.45, 7) is 4.18. The summed E-state index contributed by atoms with van der Waals surface area (Å²) in [6.07, 6.45) is 2.32. The van der Waals surface area contributed by atoms with Gasteiger partial charge in [0.15, 0.2) is 0 Å². The largest absolute Gasteiger partial charge is 0.342 e. The first-order valence-electron chi connectivity index (χ1n) is 16.4. The third kappa shape index (κ3) is 3.38. The van der Waals surface area contributed by atoms with Crippen molar-refractivity contribution in [1.82, 2.24) is 4.90 Å². The molecule has 2 heterocycles. The zero-order valence-electron chi connectivity index (χ0n) is 25.2. The maximum Gasteiger partial charge on any atom is 0.201 e. The van der Waals surface area contributed by atoms with Crippen LogP contribution in [0.4, 0.5) is 5.69 Å². The van der Waals surface area contributed by atoms with Crippen molar-refractivity contribution in [2.45, 2.75) is 18.3 Å². The summed E-state index contributed by atoms with van der Waals surface area (Å²) >= 11 is 0. The predicted octanol–water partition coefficient (Wildman–Crippen LogP) is 9.12. The van der Waals surface area contributed by atoms with Crippen molar-refractivity contribution in [3.8, 4) is 33.4 Å². The summed E-state index contributed by atoms with van der Waals surface area (Å²) in [5.74, 6) is 1.15. The second-order valence-electron chi connectivity index (χ2n) is 12.9. The molecular formula is C42H33N3. The van der Waals surface area contributed by atoms with E-state index in [1.807, 2.05) is 0 Å². The lowest BCUT2D eigenvalue weighted by atomic mass is 9.70. The first-order valence-corrected chi connectivity index (χ1v) is 16.4. The Morgan fingerprint density at radius 1 is 0.533 bits per heavy atom. The highest BCUT2D eigenvalue weighted by atomic mass is 15.4. The van der Waals surface area contributed by atoms with Crippen LogP contribution in [0.3, 0.4) is 0 Å². The Morgan fingerprint density at radius 3 is 2.20 bits per heavy atom. The molecule has 1 atom stereocenters. The molecule has 10 rings (SSSR count). The summed E-state index contributed by atoms with van der Waals surface area (Å²) in [5, 5.41) is 2.62. The van der Waals surface area contributed by atoms with E-state index in [1.165, 1.54) is 78.5 Å². The van der Waals surface area contributed by atoms with Gasteiger partial charge in [-0.2, -0.15) is 0 Å². The second-order valence-corrected chi connectivity index (χ2v) is 12.9. The van der Waals surface area contributed by atoms with Crippen molar-refractivity contribution < 1.29 is 0 Å². The summed E-state index contributed by atoms with van der Waals surface area (Å²) < 4.78 is 0. The van der Waals surface area contributed by atoms with Gasteiger partial charge in [-0.05, 0) is 97.4 Å². The molecular weight excluding hydrogens is 546 g/mol. The fourth-order valence-electron chi connectivity index (χ4n) is 8.82. The van der Waals surface area contributed by atoms with Gasteiger partial charge >= 0.3 is 0 Å². The van der Waals surface area contributed by atoms with Crippen LogP contribution in [0.25, 0.3) is 44.2 Å². The van der Waals surface area contributed by atoms with Crippen LogP contribution in [0.15, 0.2) is 132 Å². The molecule has 45 heavy (non-hydrogen) atoms. The lowest BCUT2D eigenvalue weighted by molar-refractivity contribution is 0.360. The SMILES string of the molecule is c1cc(-c2ccc3c(c2)-c2ccccc2C32c3ccccc3-c3c2ccc2ccccc32)cc(N2CCCN3CCCN=C32)c1. The Bertz CT molecular complexity index is 2210. The zero-order valence-corrected chi connectivity index (χ0v) is 25.2. The van der Waals surface area contributed by atoms with E-state index in [4.69, 9.17) is 4.99 Å². The minimum Gasteiger partial charge on any atom is -0.342 e. The minimum absolute atomic E-state index is 0.335. The maximum absolute atomic E-state index is 4.95. The Balaban J connectivity index is 1.17. The average molecular weight is 580 g/mol.